The van der Waals surface area contributed by atoms with Crippen LogP contribution in [0.1, 0.15) is 32.3 Å². The van der Waals surface area contributed by atoms with Crippen LogP contribution in [-0.2, 0) is 16.4 Å². The Labute approximate surface area is 195 Å². The number of ether oxygens (including phenoxy) is 1. The van der Waals surface area contributed by atoms with Crippen LogP contribution < -0.4 is 9.46 Å². The normalized spacial score (nSPS) is 13.8. The molecule has 2 aromatic carbocycles. The zero-order valence-corrected chi connectivity index (χ0v) is 20.3. The highest BCUT2D eigenvalue weighted by Crippen LogP contribution is 2.24. The van der Waals surface area contributed by atoms with Crippen LogP contribution in [0.15, 0.2) is 42.5 Å². The van der Waals surface area contributed by atoms with Crippen molar-refractivity contribution in [3.63, 3.8) is 0 Å². The van der Waals surface area contributed by atoms with Gasteiger partial charge in [0.2, 0.25) is 10.0 Å². The van der Waals surface area contributed by atoms with Gasteiger partial charge in [-0.25, -0.2) is 8.42 Å². The summed E-state index contributed by atoms with van der Waals surface area (Å²) in [4.78, 5) is 2.11. The SMILES string of the molecule is CCCCN(CCc1ccc(Cl)c(Cl)c1)C(Oc1ccc(NS(C)(=O)=O)cc1)C(C)O. The fraction of sp³-hybridized carbons (Fsp3) is 0.455. The minimum Gasteiger partial charge on any atom is -0.472 e. The molecule has 0 saturated heterocycles. The predicted octanol–water partition coefficient (Wildman–Crippen LogP) is 4.80. The van der Waals surface area contributed by atoms with Crippen molar-refractivity contribution >= 4 is 38.9 Å². The van der Waals surface area contributed by atoms with Gasteiger partial charge >= 0.3 is 0 Å². The molecule has 9 heteroatoms. The van der Waals surface area contributed by atoms with Gasteiger partial charge in [0.1, 0.15) is 11.9 Å². The number of aliphatic hydroxyl groups excluding tert-OH is 1. The number of unbranched alkanes of at least 4 members (excludes halogenated alkanes) is 1. The first-order valence-corrected chi connectivity index (χ1v) is 12.8. The van der Waals surface area contributed by atoms with E-state index in [2.05, 4.69) is 16.5 Å². The van der Waals surface area contributed by atoms with Crippen LogP contribution in [0.3, 0.4) is 0 Å². The van der Waals surface area contributed by atoms with E-state index >= 15 is 0 Å². The Hall–Kier alpha value is -1.51. The van der Waals surface area contributed by atoms with Gasteiger partial charge in [0.05, 0.1) is 16.3 Å². The molecular formula is C22H30Cl2N2O4S. The standard InChI is InChI=1S/C22H30Cl2N2O4S/c1-4-5-13-26(14-12-17-6-11-20(23)21(24)15-17)22(16(2)27)30-19-9-7-18(8-10-19)25-31(3,28)29/h6-11,15-16,22,25,27H,4-5,12-14H2,1-3H3. The Balaban J connectivity index is 2.13. The summed E-state index contributed by atoms with van der Waals surface area (Å²) in [6, 6.07) is 12.2. The maximum Gasteiger partial charge on any atom is 0.229 e. The molecule has 0 heterocycles. The van der Waals surface area contributed by atoms with E-state index < -0.39 is 22.4 Å². The molecule has 2 rings (SSSR count). The Morgan fingerprint density at radius 1 is 1.10 bits per heavy atom. The summed E-state index contributed by atoms with van der Waals surface area (Å²) in [5.74, 6) is 0.543. The summed E-state index contributed by atoms with van der Waals surface area (Å²) in [6.45, 7) is 5.24. The van der Waals surface area contributed by atoms with Gasteiger partial charge < -0.3 is 9.84 Å². The molecular weight excluding hydrogens is 459 g/mol. The number of halogens is 2. The third kappa shape index (κ3) is 8.86. The first kappa shape index (κ1) is 25.7. The van der Waals surface area contributed by atoms with Gasteiger partial charge in [-0.2, -0.15) is 0 Å². The van der Waals surface area contributed by atoms with Crippen LogP contribution in [0.2, 0.25) is 10.0 Å². The van der Waals surface area contributed by atoms with E-state index in [1.165, 1.54) is 0 Å². The second-order valence-corrected chi connectivity index (χ2v) is 10.1. The Bertz CT molecular complexity index is 937. The van der Waals surface area contributed by atoms with Crippen LogP contribution >= 0.6 is 23.2 Å². The number of nitrogens with one attached hydrogen (secondary N) is 1. The molecule has 0 radical (unpaired) electrons. The van der Waals surface area contributed by atoms with Crippen molar-refractivity contribution in [2.24, 2.45) is 0 Å². The lowest BCUT2D eigenvalue weighted by Crippen LogP contribution is -2.47. The highest BCUT2D eigenvalue weighted by atomic mass is 35.5. The zero-order chi connectivity index (χ0) is 23.0. The molecule has 0 aliphatic heterocycles. The number of nitrogens with zero attached hydrogens (tertiary/aromatic N) is 1. The predicted molar refractivity (Wildman–Crippen MR) is 128 cm³/mol. The van der Waals surface area contributed by atoms with Crippen molar-refractivity contribution in [3.8, 4) is 5.75 Å². The lowest BCUT2D eigenvalue weighted by molar-refractivity contribution is -0.0584. The van der Waals surface area contributed by atoms with E-state index in [1.54, 1.807) is 37.3 Å². The molecule has 0 aliphatic carbocycles. The molecule has 0 fully saturated rings. The third-order valence-corrected chi connectivity index (χ3v) is 6.00. The van der Waals surface area contributed by atoms with E-state index in [0.29, 0.717) is 28.0 Å². The van der Waals surface area contributed by atoms with Gasteiger partial charge in [0.25, 0.3) is 0 Å². The average Bonchev–Trinajstić information content (AvgIpc) is 2.69. The Morgan fingerprint density at radius 3 is 2.32 bits per heavy atom. The van der Waals surface area contributed by atoms with Gasteiger partial charge in [-0.1, -0.05) is 42.6 Å². The van der Waals surface area contributed by atoms with Crippen molar-refractivity contribution < 1.29 is 18.3 Å². The molecule has 2 N–H and O–H groups in total. The van der Waals surface area contributed by atoms with Crippen LogP contribution in [0.5, 0.6) is 5.75 Å². The van der Waals surface area contributed by atoms with Crippen LogP contribution in [0.4, 0.5) is 5.69 Å². The molecule has 0 amide bonds. The number of anilines is 1. The van der Waals surface area contributed by atoms with Gasteiger partial charge in [0, 0.05) is 18.8 Å². The van der Waals surface area contributed by atoms with E-state index in [9.17, 15) is 13.5 Å². The lowest BCUT2D eigenvalue weighted by atomic mass is 10.1. The van der Waals surface area contributed by atoms with Gasteiger partial charge in [-0.15, -0.1) is 0 Å². The highest BCUT2D eigenvalue weighted by Gasteiger charge is 2.25. The van der Waals surface area contributed by atoms with Crippen LogP contribution in [0, 0.1) is 0 Å². The number of benzene rings is 2. The minimum atomic E-state index is -3.35. The van der Waals surface area contributed by atoms with Crippen molar-refractivity contribution in [2.75, 3.05) is 24.1 Å². The van der Waals surface area contributed by atoms with Crippen molar-refractivity contribution in [1.29, 1.82) is 0 Å². The monoisotopic (exact) mass is 488 g/mol. The molecule has 0 saturated carbocycles. The summed E-state index contributed by atoms with van der Waals surface area (Å²) in [6.07, 6.45) is 2.51. The summed E-state index contributed by atoms with van der Waals surface area (Å²) in [5, 5.41) is 11.5. The van der Waals surface area contributed by atoms with Crippen molar-refractivity contribution in [1.82, 2.24) is 4.90 Å². The smallest absolute Gasteiger partial charge is 0.229 e. The van der Waals surface area contributed by atoms with Crippen LogP contribution in [-0.4, -0.2) is 50.1 Å². The summed E-state index contributed by atoms with van der Waals surface area (Å²) >= 11 is 12.1. The molecule has 2 unspecified atom stereocenters. The summed E-state index contributed by atoms with van der Waals surface area (Å²) in [5.41, 5.74) is 1.50. The number of hydrogen-bond acceptors (Lipinski definition) is 5. The maximum atomic E-state index is 11.4. The number of hydrogen-bond donors (Lipinski definition) is 2. The van der Waals surface area contributed by atoms with Gasteiger partial charge in [0.15, 0.2) is 6.23 Å². The molecule has 2 atom stereocenters. The molecule has 172 valence electrons. The molecule has 6 nitrogen and oxygen atoms in total. The number of aliphatic hydroxyl groups is 1. The largest absolute Gasteiger partial charge is 0.472 e. The summed E-state index contributed by atoms with van der Waals surface area (Å²) in [7, 11) is -3.35. The first-order chi connectivity index (χ1) is 14.6. The fourth-order valence-corrected chi connectivity index (χ4v) is 4.01. The highest BCUT2D eigenvalue weighted by molar-refractivity contribution is 7.92. The molecule has 0 aromatic heterocycles. The number of rotatable bonds is 12. The summed E-state index contributed by atoms with van der Waals surface area (Å²) < 4.78 is 31.3. The van der Waals surface area contributed by atoms with E-state index in [4.69, 9.17) is 27.9 Å². The zero-order valence-electron chi connectivity index (χ0n) is 18.0. The maximum absolute atomic E-state index is 11.4. The third-order valence-electron chi connectivity index (χ3n) is 4.66. The molecule has 0 spiro atoms. The van der Waals surface area contributed by atoms with Gasteiger partial charge in [-0.3, -0.25) is 9.62 Å². The second-order valence-electron chi connectivity index (χ2n) is 7.54. The Morgan fingerprint density at radius 2 is 1.77 bits per heavy atom. The fourth-order valence-electron chi connectivity index (χ4n) is 3.13. The topological polar surface area (TPSA) is 78.9 Å². The van der Waals surface area contributed by atoms with Gasteiger partial charge in [-0.05, 0) is 61.7 Å². The lowest BCUT2D eigenvalue weighted by Gasteiger charge is -2.34. The minimum absolute atomic E-state index is 0.450. The second kappa shape index (κ2) is 11.9. The molecule has 31 heavy (non-hydrogen) atoms. The van der Waals surface area contributed by atoms with Crippen molar-refractivity contribution in [2.45, 2.75) is 45.4 Å². The Kier molecular flexibility index (Phi) is 9.90. The first-order valence-electron chi connectivity index (χ1n) is 10.2. The molecule has 2 aromatic rings. The van der Waals surface area contributed by atoms with E-state index in [1.807, 2.05) is 12.1 Å². The van der Waals surface area contributed by atoms with E-state index in [-0.39, 0.29) is 0 Å². The molecule has 0 aliphatic rings. The average molecular weight is 489 g/mol. The molecule has 0 bridgehead atoms. The van der Waals surface area contributed by atoms with Crippen LogP contribution in [0.25, 0.3) is 0 Å². The number of sulfonamides is 1. The quantitative estimate of drug-likeness (QED) is 0.419. The van der Waals surface area contributed by atoms with Crippen molar-refractivity contribution in [3.05, 3.63) is 58.1 Å². The van der Waals surface area contributed by atoms with E-state index in [0.717, 1.165) is 37.6 Å².